The van der Waals surface area contributed by atoms with Crippen molar-refractivity contribution in [2.45, 2.75) is 26.4 Å². The van der Waals surface area contributed by atoms with Crippen LogP contribution in [-0.4, -0.2) is 42.4 Å². The summed E-state index contributed by atoms with van der Waals surface area (Å²) in [5, 5.41) is 7.00. The molecule has 1 heterocycles. The number of amides is 2. The van der Waals surface area contributed by atoms with E-state index in [1.807, 2.05) is 25.1 Å². The summed E-state index contributed by atoms with van der Waals surface area (Å²) in [4.78, 5) is 19.2. The Morgan fingerprint density at radius 3 is 3.00 bits per heavy atom. The van der Waals surface area contributed by atoms with Gasteiger partial charge < -0.3 is 15.1 Å². The Morgan fingerprint density at radius 2 is 2.32 bits per heavy atom. The number of benzene rings is 1. The standard InChI is InChI=1S/C17H23N3O2/c1-4-10-20(17(21)18-5-2)12-14-11-16(19-22-14)15-9-7-6-8-13(15)3/h4,6-9,14H,1,5,10-12H2,2-3H3,(H,18,21). The van der Waals surface area contributed by atoms with Crippen LogP contribution in [0.15, 0.2) is 42.1 Å². The van der Waals surface area contributed by atoms with E-state index in [4.69, 9.17) is 4.84 Å². The van der Waals surface area contributed by atoms with Crippen LogP contribution in [0.25, 0.3) is 0 Å². The van der Waals surface area contributed by atoms with Gasteiger partial charge in [-0.3, -0.25) is 0 Å². The Balaban J connectivity index is 1.97. The lowest BCUT2D eigenvalue weighted by molar-refractivity contribution is 0.0630. The lowest BCUT2D eigenvalue weighted by atomic mass is 10.0. The van der Waals surface area contributed by atoms with E-state index in [0.717, 1.165) is 11.3 Å². The van der Waals surface area contributed by atoms with Crippen molar-refractivity contribution in [1.82, 2.24) is 10.2 Å². The molecule has 0 saturated carbocycles. The molecule has 1 aromatic rings. The Labute approximate surface area is 131 Å². The predicted molar refractivity (Wildman–Crippen MR) is 88.0 cm³/mol. The van der Waals surface area contributed by atoms with E-state index in [-0.39, 0.29) is 12.1 Å². The van der Waals surface area contributed by atoms with E-state index in [2.05, 4.69) is 30.0 Å². The monoisotopic (exact) mass is 301 g/mol. The highest BCUT2D eigenvalue weighted by Crippen LogP contribution is 2.20. The first-order valence-corrected chi connectivity index (χ1v) is 7.58. The Kier molecular flexibility index (Phi) is 5.58. The number of aryl methyl sites for hydroxylation is 1. The van der Waals surface area contributed by atoms with E-state index < -0.39 is 0 Å². The summed E-state index contributed by atoms with van der Waals surface area (Å²) >= 11 is 0. The van der Waals surface area contributed by atoms with Gasteiger partial charge in [0.05, 0.1) is 12.3 Å². The molecule has 0 spiro atoms. The average molecular weight is 301 g/mol. The van der Waals surface area contributed by atoms with Gasteiger partial charge in [0.15, 0.2) is 6.10 Å². The third-order valence-corrected chi connectivity index (χ3v) is 3.58. The third kappa shape index (κ3) is 3.87. The highest BCUT2D eigenvalue weighted by atomic mass is 16.6. The topological polar surface area (TPSA) is 53.9 Å². The molecule has 1 aliphatic heterocycles. The fourth-order valence-corrected chi connectivity index (χ4v) is 2.49. The van der Waals surface area contributed by atoms with Crippen LogP contribution in [0.2, 0.25) is 0 Å². The number of carbonyl (C=O) groups excluding carboxylic acids is 1. The molecule has 1 aromatic carbocycles. The lowest BCUT2D eigenvalue weighted by Gasteiger charge is -2.23. The van der Waals surface area contributed by atoms with E-state index >= 15 is 0 Å². The molecule has 0 bridgehead atoms. The van der Waals surface area contributed by atoms with Crippen molar-refractivity contribution in [2.75, 3.05) is 19.6 Å². The van der Waals surface area contributed by atoms with Gasteiger partial charge in [-0.05, 0) is 19.4 Å². The second-order valence-corrected chi connectivity index (χ2v) is 5.31. The Bertz CT molecular complexity index is 569. The molecule has 0 radical (unpaired) electrons. The molecule has 0 saturated heterocycles. The largest absolute Gasteiger partial charge is 0.390 e. The second kappa shape index (κ2) is 7.64. The fraction of sp³-hybridized carbons (Fsp3) is 0.412. The highest BCUT2D eigenvalue weighted by molar-refractivity contribution is 6.02. The lowest BCUT2D eigenvalue weighted by Crippen LogP contribution is -2.43. The van der Waals surface area contributed by atoms with Gasteiger partial charge in [0.25, 0.3) is 0 Å². The molecule has 1 atom stereocenters. The fourth-order valence-electron chi connectivity index (χ4n) is 2.49. The van der Waals surface area contributed by atoms with Gasteiger partial charge in [-0.15, -0.1) is 6.58 Å². The maximum atomic E-state index is 12.0. The molecule has 0 aliphatic carbocycles. The molecule has 2 amide bonds. The summed E-state index contributed by atoms with van der Waals surface area (Å²) in [5.41, 5.74) is 3.23. The molecule has 1 unspecified atom stereocenters. The molecule has 1 aliphatic rings. The SMILES string of the molecule is C=CCN(CC1CC(c2ccccc2C)=NO1)C(=O)NCC. The van der Waals surface area contributed by atoms with E-state index in [1.165, 1.54) is 5.56 Å². The van der Waals surface area contributed by atoms with Gasteiger partial charge in [-0.2, -0.15) is 0 Å². The van der Waals surface area contributed by atoms with Gasteiger partial charge >= 0.3 is 6.03 Å². The van der Waals surface area contributed by atoms with Gasteiger partial charge in [0, 0.05) is 25.1 Å². The number of oxime groups is 1. The minimum absolute atomic E-state index is 0.102. The van der Waals surface area contributed by atoms with Crippen LogP contribution in [0, 0.1) is 6.92 Å². The minimum Gasteiger partial charge on any atom is -0.390 e. The van der Waals surface area contributed by atoms with Crippen LogP contribution in [0.3, 0.4) is 0 Å². The number of carbonyl (C=O) groups is 1. The highest BCUT2D eigenvalue weighted by Gasteiger charge is 2.26. The normalized spacial score (nSPS) is 16.6. The van der Waals surface area contributed by atoms with Crippen molar-refractivity contribution in [3.63, 3.8) is 0 Å². The zero-order valence-electron chi connectivity index (χ0n) is 13.2. The van der Waals surface area contributed by atoms with Crippen molar-refractivity contribution in [2.24, 2.45) is 5.16 Å². The quantitative estimate of drug-likeness (QED) is 0.821. The number of hydrogen-bond acceptors (Lipinski definition) is 3. The van der Waals surface area contributed by atoms with E-state index in [0.29, 0.717) is 26.1 Å². The van der Waals surface area contributed by atoms with E-state index in [9.17, 15) is 4.79 Å². The summed E-state index contributed by atoms with van der Waals surface area (Å²) < 4.78 is 0. The Hall–Kier alpha value is -2.30. The molecular formula is C17H23N3O2. The maximum Gasteiger partial charge on any atom is 0.317 e. The van der Waals surface area contributed by atoms with Gasteiger partial charge in [0.2, 0.25) is 0 Å². The first-order valence-electron chi connectivity index (χ1n) is 7.58. The van der Waals surface area contributed by atoms with Crippen molar-refractivity contribution < 1.29 is 9.63 Å². The van der Waals surface area contributed by atoms with Crippen LogP contribution in [0.4, 0.5) is 4.79 Å². The first kappa shape index (κ1) is 16.1. The first-order chi connectivity index (χ1) is 10.7. The predicted octanol–water partition coefficient (Wildman–Crippen LogP) is 2.71. The molecule has 2 rings (SSSR count). The zero-order chi connectivity index (χ0) is 15.9. The summed E-state index contributed by atoms with van der Waals surface area (Å²) in [5.74, 6) is 0. The molecule has 22 heavy (non-hydrogen) atoms. The molecule has 0 aromatic heterocycles. The summed E-state index contributed by atoms with van der Waals surface area (Å²) in [6, 6.07) is 8.01. The van der Waals surface area contributed by atoms with Crippen molar-refractivity contribution in [3.05, 3.63) is 48.0 Å². The average Bonchev–Trinajstić information content (AvgIpc) is 2.96. The van der Waals surface area contributed by atoms with Gasteiger partial charge in [0.1, 0.15) is 0 Å². The van der Waals surface area contributed by atoms with Crippen molar-refractivity contribution in [1.29, 1.82) is 0 Å². The zero-order valence-corrected chi connectivity index (χ0v) is 13.2. The van der Waals surface area contributed by atoms with Gasteiger partial charge in [-0.1, -0.05) is 35.5 Å². The van der Waals surface area contributed by atoms with E-state index in [1.54, 1.807) is 11.0 Å². The molecule has 0 fully saturated rings. The summed E-state index contributed by atoms with van der Waals surface area (Å²) in [6.07, 6.45) is 2.31. The number of urea groups is 1. The molecule has 5 heteroatoms. The van der Waals surface area contributed by atoms with Crippen LogP contribution < -0.4 is 5.32 Å². The second-order valence-electron chi connectivity index (χ2n) is 5.31. The third-order valence-electron chi connectivity index (χ3n) is 3.58. The van der Waals surface area contributed by atoms with Gasteiger partial charge in [-0.25, -0.2) is 4.79 Å². The van der Waals surface area contributed by atoms with Crippen molar-refractivity contribution in [3.8, 4) is 0 Å². The number of rotatable bonds is 6. The Morgan fingerprint density at radius 1 is 1.55 bits per heavy atom. The molecular weight excluding hydrogens is 278 g/mol. The molecule has 5 nitrogen and oxygen atoms in total. The van der Waals surface area contributed by atoms with Crippen LogP contribution in [0.5, 0.6) is 0 Å². The van der Waals surface area contributed by atoms with Crippen LogP contribution >= 0.6 is 0 Å². The maximum absolute atomic E-state index is 12.0. The molecule has 118 valence electrons. The van der Waals surface area contributed by atoms with Crippen LogP contribution in [-0.2, 0) is 4.84 Å². The van der Waals surface area contributed by atoms with Crippen LogP contribution in [0.1, 0.15) is 24.5 Å². The number of nitrogens with zero attached hydrogens (tertiary/aromatic N) is 2. The molecule has 1 N–H and O–H groups in total. The summed E-state index contributed by atoms with van der Waals surface area (Å²) in [6.45, 7) is 9.25. The van der Waals surface area contributed by atoms with Crippen molar-refractivity contribution >= 4 is 11.7 Å². The number of hydrogen-bond donors (Lipinski definition) is 1. The summed E-state index contributed by atoms with van der Waals surface area (Å²) in [7, 11) is 0. The minimum atomic E-state index is -0.114. The smallest absolute Gasteiger partial charge is 0.317 e. The number of nitrogens with one attached hydrogen (secondary N) is 1.